The number of carbonyl (C=O) groups excluding carboxylic acids is 1. The van der Waals surface area contributed by atoms with E-state index in [1.54, 1.807) is 25.2 Å². The molecule has 0 fully saturated rings. The number of hydrogen-bond donors (Lipinski definition) is 0. The number of methoxy groups -OCH3 is 2. The molecule has 0 spiro atoms. The van der Waals surface area contributed by atoms with Crippen molar-refractivity contribution in [2.75, 3.05) is 26.2 Å². The predicted octanol–water partition coefficient (Wildman–Crippen LogP) is -1.25. The third-order valence-electron chi connectivity index (χ3n) is 3.53. The molecule has 0 N–H and O–H groups in total. The van der Waals surface area contributed by atoms with Crippen LogP contribution >= 0.6 is 0 Å². The van der Waals surface area contributed by atoms with Gasteiger partial charge < -0.3 is 24.3 Å². The number of carbonyl (C=O) groups is 1. The zero-order valence-corrected chi connectivity index (χ0v) is 17.4. The first-order valence-electron chi connectivity index (χ1n) is 6.84. The smallest absolute Gasteiger partial charge is 0.545 e. The molecule has 0 amide bonds. The summed E-state index contributed by atoms with van der Waals surface area (Å²) >= 11 is 0. The first kappa shape index (κ1) is 21.4. The third kappa shape index (κ3) is 4.70. The van der Waals surface area contributed by atoms with E-state index in [1.165, 1.54) is 25.2 Å². The van der Waals surface area contributed by atoms with Crippen LogP contribution in [0.15, 0.2) is 36.4 Å². The molecule has 0 aliphatic carbocycles. The minimum atomic E-state index is -1.42. The molecule has 8 nitrogen and oxygen atoms in total. The summed E-state index contributed by atoms with van der Waals surface area (Å²) in [5.41, 5.74) is 0.326. The molecular weight excluding hydrogens is 355 g/mol. The molecule has 9 heteroatoms. The van der Waals surface area contributed by atoms with Gasteiger partial charge in [-0.05, 0) is 18.2 Å². The van der Waals surface area contributed by atoms with E-state index in [0.29, 0.717) is 17.2 Å². The Labute approximate surface area is 186 Å². The van der Waals surface area contributed by atoms with Crippen LogP contribution in [0.1, 0.15) is 10.4 Å². The van der Waals surface area contributed by atoms with Crippen LogP contribution in [0.3, 0.4) is 0 Å². The van der Waals surface area contributed by atoms with Gasteiger partial charge >= 0.3 is 51.4 Å². The second-order valence-corrected chi connectivity index (χ2v) is 4.84. The van der Waals surface area contributed by atoms with Gasteiger partial charge in [0.15, 0.2) is 11.5 Å². The minimum absolute atomic E-state index is 0. The second-order valence-electron chi connectivity index (χ2n) is 4.84. The SMILES string of the molecule is COc1ccc(N(C)c2cc([N+](=O)[O-])ccc2C(=O)[O-])cc1OC.[K+]. The van der Waals surface area contributed by atoms with E-state index in [2.05, 4.69) is 0 Å². The summed E-state index contributed by atoms with van der Waals surface area (Å²) in [6.07, 6.45) is 0. The predicted molar refractivity (Wildman–Crippen MR) is 85.0 cm³/mol. The maximum Gasteiger partial charge on any atom is 1.00 e. The van der Waals surface area contributed by atoms with Gasteiger partial charge in [0.05, 0.1) is 30.8 Å². The van der Waals surface area contributed by atoms with Crippen molar-refractivity contribution >= 4 is 23.0 Å². The molecule has 0 aliphatic heterocycles. The van der Waals surface area contributed by atoms with Crippen LogP contribution in [-0.4, -0.2) is 32.2 Å². The van der Waals surface area contributed by atoms with E-state index in [0.717, 1.165) is 12.1 Å². The number of nitro benzene ring substituents is 1. The molecule has 0 aliphatic rings. The summed E-state index contributed by atoms with van der Waals surface area (Å²) in [6, 6.07) is 8.43. The largest absolute Gasteiger partial charge is 1.00 e. The maximum atomic E-state index is 11.3. The summed E-state index contributed by atoms with van der Waals surface area (Å²) in [4.78, 5) is 23.2. The van der Waals surface area contributed by atoms with Gasteiger partial charge in [0.25, 0.3) is 5.69 Å². The Morgan fingerprint density at radius 1 is 1.08 bits per heavy atom. The van der Waals surface area contributed by atoms with Gasteiger partial charge in [-0.1, -0.05) is 0 Å². The van der Waals surface area contributed by atoms with Crippen molar-refractivity contribution in [1.82, 2.24) is 0 Å². The number of anilines is 2. The fourth-order valence-corrected chi connectivity index (χ4v) is 2.26. The Balaban J connectivity index is 0.00000312. The first-order chi connectivity index (χ1) is 11.4. The molecule has 0 saturated carbocycles. The van der Waals surface area contributed by atoms with E-state index < -0.39 is 10.9 Å². The molecule has 126 valence electrons. The van der Waals surface area contributed by atoms with Crippen molar-refractivity contribution in [2.24, 2.45) is 0 Å². The fraction of sp³-hybridized carbons (Fsp3) is 0.188. The summed E-state index contributed by atoms with van der Waals surface area (Å²) < 4.78 is 10.4. The van der Waals surface area contributed by atoms with E-state index in [1.807, 2.05) is 0 Å². The number of carboxylic acids is 1. The van der Waals surface area contributed by atoms with Gasteiger partial charge in [-0.2, -0.15) is 0 Å². The van der Waals surface area contributed by atoms with Gasteiger partial charge in [-0.3, -0.25) is 10.1 Å². The van der Waals surface area contributed by atoms with Crippen molar-refractivity contribution in [1.29, 1.82) is 0 Å². The minimum Gasteiger partial charge on any atom is -0.545 e. The zero-order chi connectivity index (χ0) is 17.9. The van der Waals surface area contributed by atoms with Crippen LogP contribution in [-0.2, 0) is 0 Å². The van der Waals surface area contributed by atoms with E-state index in [4.69, 9.17) is 9.47 Å². The number of non-ortho nitro benzene ring substituents is 1. The van der Waals surface area contributed by atoms with Gasteiger partial charge in [-0.25, -0.2) is 0 Å². The fourth-order valence-electron chi connectivity index (χ4n) is 2.26. The van der Waals surface area contributed by atoms with Crippen LogP contribution in [0.4, 0.5) is 17.1 Å². The van der Waals surface area contributed by atoms with Crippen LogP contribution in [0.25, 0.3) is 0 Å². The average Bonchev–Trinajstić information content (AvgIpc) is 2.59. The molecule has 0 radical (unpaired) electrons. The van der Waals surface area contributed by atoms with Crippen LogP contribution < -0.4 is 70.9 Å². The number of hydrogen-bond acceptors (Lipinski definition) is 7. The van der Waals surface area contributed by atoms with Crippen LogP contribution in [0.5, 0.6) is 11.5 Å². The topological polar surface area (TPSA) is 105 Å². The molecule has 0 atom stereocenters. The molecule has 0 unspecified atom stereocenters. The Morgan fingerprint density at radius 3 is 2.24 bits per heavy atom. The Hall–Kier alpha value is -1.65. The normalized spacial score (nSPS) is 9.72. The quantitative estimate of drug-likeness (QED) is 0.355. The number of ether oxygens (including phenoxy) is 2. The van der Waals surface area contributed by atoms with Crippen molar-refractivity contribution in [2.45, 2.75) is 0 Å². The van der Waals surface area contributed by atoms with Gasteiger partial charge in [0.1, 0.15) is 0 Å². The number of nitro groups is 1. The standard InChI is InChI=1S/C16H16N2O6.K/c1-17(10-5-7-14(23-2)15(9-10)24-3)13-8-11(18(21)22)4-6-12(13)16(19)20;/h4-9H,1-3H3,(H,19,20);/q;+1/p-1. The van der Waals surface area contributed by atoms with Crippen molar-refractivity contribution in [3.8, 4) is 11.5 Å². The van der Waals surface area contributed by atoms with Crippen LogP contribution in [0, 0.1) is 10.1 Å². The van der Waals surface area contributed by atoms with Gasteiger partial charge in [0, 0.05) is 36.5 Å². The third-order valence-corrected chi connectivity index (χ3v) is 3.53. The number of carboxylic acid groups (broad SMARTS) is 1. The Bertz CT molecular complexity index is 796. The second kappa shape index (κ2) is 9.16. The van der Waals surface area contributed by atoms with Crippen molar-refractivity contribution in [3.05, 3.63) is 52.1 Å². The van der Waals surface area contributed by atoms with E-state index in [9.17, 15) is 20.0 Å². The first-order valence-corrected chi connectivity index (χ1v) is 6.84. The summed E-state index contributed by atoms with van der Waals surface area (Å²) in [5.74, 6) is -0.469. The number of aromatic carboxylic acids is 1. The molecule has 0 bridgehead atoms. The molecule has 2 rings (SSSR count). The molecule has 2 aromatic carbocycles. The Morgan fingerprint density at radius 2 is 1.72 bits per heavy atom. The number of nitrogens with zero attached hydrogens (tertiary/aromatic N) is 2. The molecule has 0 heterocycles. The van der Waals surface area contributed by atoms with Crippen molar-refractivity contribution < 1.29 is 75.7 Å². The summed E-state index contributed by atoms with van der Waals surface area (Å²) in [6.45, 7) is 0. The zero-order valence-electron chi connectivity index (χ0n) is 14.3. The average molecular weight is 370 g/mol. The maximum absolute atomic E-state index is 11.3. The van der Waals surface area contributed by atoms with Gasteiger partial charge in [-0.15, -0.1) is 0 Å². The van der Waals surface area contributed by atoms with E-state index in [-0.39, 0.29) is 68.3 Å². The molecule has 2 aromatic rings. The summed E-state index contributed by atoms with van der Waals surface area (Å²) in [7, 11) is 4.56. The molecule has 0 saturated heterocycles. The number of rotatable bonds is 6. The molecule has 0 aromatic heterocycles. The van der Waals surface area contributed by atoms with E-state index >= 15 is 0 Å². The monoisotopic (exact) mass is 370 g/mol. The molecular formula is C16H15KN2O6. The molecule has 25 heavy (non-hydrogen) atoms. The van der Waals surface area contributed by atoms with Crippen LogP contribution in [0.2, 0.25) is 0 Å². The number of benzene rings is 2. The van der Waals surface area contributed by atoms with Crippen molar-refractivity contribution in [3.63, 3.8) is 0 Å². The van der Waals surface area contributed by atoms with Gasteiger partial charge in [0.2, 0.25) is 0 Å². The summed E-state index contributed by atoms with van der Waals surface area (Å²) in [5, 5.41) is 22.3. The Kier molecular flexibility index (Phi) is 7.83.